The summed E-state index contributed by atoms with van der Waals surface area (Å²) < 4.78 is 1.86. The maximum absolute atomic E-state index is 4.48. The summed E-state index contributed by atoms with van der Waals surface area (Å²) in [7, 11) is 0. The molecule has 0 saturated heterocycles. The topological polar surface area (TPSA) is 42.7 Å². The van der Waals surface area contributed by atoms with Crippen LogP contribution in [-0.4, -0.2) is 14.8 Å². The lowest BCUT2D eigenvalue weighted by molar-refractivity contribution is 0.879. The Morgan fingerprint density at radius 2 is 1.76 bits per heavy atom. The SMILES string of the molecule is c1ccc(CNc2ncc(Cc3ccc(-n4cccn4)cc3)s2)cc1. The van der Waals surface area contributed by atoms with Gasteiger partial charge in [-0.2, -0.15) is 5.10 Å². The van der Waals surface area contributed by atoms with E-state index in [2.05, 4.69) is 63.9 Å². The number of benzene rings is 2. The highest BCUT2D eigenvalue weighted by molar-refractivity contribution is 7.15. The first-order chi connectivity index (χ1) is 12.4. The summed E-state index contributed by atoms with van der Waals surface area (Å²) >= 11 is 1.71. The number of hydrogen-bond donors (Lipinski definition) is 1. The molecule has 0 spiro atoms. The van der Waals surface area contributed by atoms with E-state index >= 15 is 0 Å². The predicted molar refractivity (Wildman–Crippen MR) is 102 cm³/mol. The van der Waals surface area contributed by atoms with E-state index in [9.17, 15) is 0 Å². The Balaban J connectivity index is 1.37. The Labute approximate surface area is 150 Å². The standard InChI is InChI=1S/C20H18N4S/c1-2-5-17(6-3-1)14-21-20-22-15-19(25-20)13-16-7-9-18(10-8-16)24-12-4-11-23-24/h1-12,15H,13-14H2,(H,21,22). The molecule has 0 bridgehead atoms. The molecule has 0 amide bonds. The molecule has 1 N–H and O–H groups in total. The van der Waals surface area contributed by atoms with Crippen LogP contribution in [0.25, 0.3) is 5.69 Å². The Morgan fingerprint density at radius 3 is 2.52 bits per heavy atom. The van der Waals surface area contributed by atoms with E-state index in [-0.39, 0.29) is 0 Å². The van der Waals surface area contributed by atoms with Crippen molar-refractivity contribution < 1.29 is 0 Å². The fraction of sp³-hybridized carbons (Fsp3) is 0.100. The molecule has 4 rings (SSSR count). The van der Waals surface area contributed by atoms with E-state index < -0.39 is 0 Å². The summed E-state index contributed by atoms with van der Waals surface area (Å²) in [4.78, 5) is 5.73. The number of rotatable bonds is 6. The van der Waals surface area contributed by atoms with Crippen LogP contribution in [0.4, 0.5) is 5.13 Å². The van der Waals surface area contributed by atoms with Crippen LogP contribution in [0.3, 0.4) is 0 Å². The van der Waals surface area contributed by atoms with Gasteiger partial charge in [0.05, 0.1) is 5.69 Å². The van der Waals surface area contributed by atoms with Crippen LogP contribution in [-0.2, 0) is 13.0 Å². The Kier molecular flexibility index (Phi) is 4.57. The van der Waals surface area contributed by atoms with Gasteiger partial charge in [-0.05, 0) is 29.3 Å². The van der Waals surface area contributed by atoms with Gasteiger partial charge in [0.2, 0.25) is 0 Å². The molecule has 0 aliphatic carbocycles. The van der Waals surface area contributed by atoms with E-state index in [0.717, 1.165) is 23.8 Å². The zero-order valence-electron chi connectivity index (χ0n) is 13.7. The van der Waals surface area contributed by atoms with Crippen LogP contribution in [0.5, 0.6) is 0 Å². The van der Waals surface area contributed by atoms with Crippen molar-refractivity contribution in [3.8, 4) is 5.69 Å². The smallest absolute Gasteiger partial charge is 0.183 e. The molecule has 4 nitrogen and oxygen atoms in total. The van der Waals surface area contributed by atoms with Gasteiger partial charge in [0.1, 0.15) is 0 Å². The first-order valence-electron chi connectivity index (χ1n) is 8.18. The molecule has 0 aliphatic heterocycles. The van der Waals surface area contributed by atoms with Crippen molar-refractivity contribution in [2.75, 3.05) is 5.32 Å². The minimum atomic E-state index is 0.798. The summed E-state index contributed by atoms with van der Waals surface area (Å²) in [5.41, 5.74) is 3.60. The second kappa shape index (κ2) is 7.32. The molecular weight excluding hydrogens is 328 g/mol. The monoisotopic (exact) mass is 346 g/mol. The molecule has 2 heterocycles. The lowest BCUT2D eigenvalue weighted by Gasteiger charge is -2.03. The maximum atomic E-state index is 4.48. The van der Waals surface area contributed by atoms with Crippen molar-refractivity contribution in [3.63, 3.8) is 0 Å². The van der Waals surface area contributed by atoms with E-state index in [1.807, 2.05) is 29.2 Å². The quantitative estimate of drug-likeness (QED) is 0.558. The Morgan fingerprint density at radius 1 is 0.920 bits per heavy atom. The first kappa shape index (κ1) is 15.6. The van der Waals surface area contributed by atoms with Gasteiger partial charge in [0.25, 0.3) is 0 Å². The molecule has 0 atom stereocenters. The molecule has 2 aromatic heterocycles. The van der Waals surface area contributed by atoms with Crippen molar-refractivity contribution in [3.05, 3.63) is 95.3 Å². The number of aromatic nitrogens is 3. The van der Waals surface area contributed by atoms with Crippen molar-refractivity contribution in [2.45, 2.75) is 13.0 Å². The lowest BCUT2D eigenvalue weighted by Crippen LogP contribution is -1.97. The van der Waals surface area contributed by atoms with Crippen molar-refractivity contribution in [1.82, 2.24) is 14.8 Å². The highest BCUT2D eigenvalue weighted by atomic mass is 32.1. The maximum Gasteiger partial charge on any atom is 0.183 e. The molecule has 0 aliphatic rings. The van der Waals surface area contributed by atoms with Gasteiger partial charge >= 0.3 is 0 Å². The molecule has 124 valence electrons. The molecule has 25 heavy (non-hydrogen) atoms. The average molecular weight is 346 g/mol. The molecular formula is C20H18N4S. The van der Waals surface area contributed by atoms with E-state index in [0.29, 0.717) is 0 Å². The fourth-order valence-corrected chi connectivity index (χ4v) is 3.48. The number of thiazole rings is 1. The van der Waals surface area contributed by atoms with Crippen molar-refractivity contribution >= 4 is 16.5 Å². The zero-order chi connectivity index (χ0) is 16.9. The normalized spacial score (nSPS) is 10.7. The molecule has 0 unspecified atom stereocenters. The molecule has 4 aromatic rings. The van der Waals surface area contributed by atoms with Crippen LogP contribution in [0.1, 0.15) is 16.0 Å². The van der Waals surface area contributed by atoms with Crippen LogP contribution in [0, 0.1) is 0 Å². The number of hydrogen-bond acceptors (Lipinski definition) is 4. The lowest BCUT2D eigenvalue weighted by atomic mass is 10.1. The molecule has 2 aromatic carbocycles. The molecule has 0 radical (unpaired) electrons. The van der Waals surface area contributed by atoms with E-state index in [1.54, 1.807) is 17.5 Å². The average Bonchev–Trinajstić information content (AvgIpc) is 3.34. The van der Waals surface area contributed by atoms with Crippen molar-refractivity contribution in [1.29, 1.82) is 0 Å². The Bertz CT molecular complexity index is 912. The van der Waals surface area contributed by atoms with Crippen LogP contribution in [0.15, 0.2) is 79.3 Å². The third-order valence-corrected chi connectivity index (χ3v) is 4.88. The summed E-state index contributed by atoms with van der Waals surface area (Å²) in [6.45, 7) is 0.798. The third-order valence-electron chi connectivity index (χ3n) is 3.92. The first-order valence-corrected chi connectivity index (χ1v) is 9.00. The van der Waals surface area contributed by atoms with Gasteiger partial charge in [0, 0.05) is 36.4 Å². The largest absolute Gasteiger partial charge is 0.357 e. The number of nitrogens with zero attached hydrogens (tertiary/aromatic N) is 3. The van der Waals surface area contributed by atoms with Crippen LogP contribution < -0.4 is 5.32 Å². The predicted octanol–water partition coefficient (Wildman–Crippen LogP) is 4.53. The van der Waals surface area contributed by atoms with E-state index in [4.69, 9.17) is 0 Å². The second-order valence-electron chi connectivity index (χ2n) is 5.76. The Hall–Kier alpha value is -2.92. The molecule has 0 saturated carbocycles. The molecule has 0 fully saturated rings. The summed E-state index contributed by atoms with van der Waals surface area (Å²) in [5, 5.41) is 8.60. The summed E-state index contributed by atoms with van der Waals surface area (Å²) in [6.07, 6.45) is 6.58. The summed E-state index contributed by atoms with van der Waals surface area (Å²) in [6, 6.07) is 20.8. The second-order valence-corrected chi connectivity index (χ2v) is 6.88. The van der Waals surface area contributed by atoms with Gasteiger partial charge in [-0.3, -0.25) is 0 Å². The van der Waals surface area contributed by atoms with Gasteiger partial charge in [-0.25, -0.2) is 9.67 Å². The van der Waals surface area contributed by atoms with Crippen LogP contribution in [0.2, 0.25) is 0 Å². The highest BCUT2D eigenvalue weighted by Gasteiger charge is 2.04. The number of nitrogens with one attached hydrogen (secondary N) is 1. The van der Waals surface area contributed by atoms with Gasteiger partial charge in [-0.1, -0.05) is 42.5 Å². The van der Waals surface area contributed by atoms with Crippen molar-refractivity contribution in [2.24, 2.45) is 0 Å². The number of anilines is 1. The third kappa shape index (κ3) is 3.95. The van der Waals surface area contributed by atoms with Crippen LogP contribution >= 0.6 is 11.3 Å². The molecule has 5 heteroatoms. The van der Waals surface area contributed by atoms with Gasteiger partial charge < -0.3 is 5.32 Å². The van der Waals surface area contributed by atoms with Gasteiger partial charge in [-0.15, -0.1) is 11.3 Å². The minimum absolute atomic E-state index is 0.798. The van der Waals surface area contributed by atoms with E-state index in [1.165, 1.54) is 16.0 Å². The fourth-order valence-electron chi connectivity index (χ4n) is 2.63. The minimum Gasteiger partial charge on any atom is -0.357 e. The summed E-state index contributed by atoms with van der Waals surface area (Å²) in [5.74, 6) is 0. The van der Waals surface area contributed by atoms with Gasteiger partial charge in [0.15, 0.2) is 5.13 Å². The highest BCUT2D eigenvalue weighted by Crippen LogP contribution is 2.22. The zero-order valence-corrected chi connectivity index (χ0v) is 14.5.